The molecule has 0 bridgehead atoms. The molecule has 4 nitrogen and oxygen atoms in total. The van der Waals surface area contributed by atoms with Gasteiger partial charge >= 0.3 is 0 Å². The van der Waals surface area contributed by atoms with Crippen molar-refractivity contribution in [2.75, 3.05) is 0 Å². The van der Waals surface area contributed by atoms with Crippen molar-refractivity contribution in [3.05, 3.63) is 34.3 Å². The third kappa shape index (κ3) is 3.41. The fraction of sp³-hybridized carbons (Fsp3) is 0.182. The zero-order valence-electron chi connectivity index (χ0n) is 9.05. The van der Waals surface area contributed by atoms with Gasteiger partial charge < -0.3 is 5.32 Å². The second-order valence-electron chi connectivity index (χ2n) is 3.45. The van der Waals surface area contributed by atoms with Gasteiger partial charge in [-0.25, -0.2) is 0 Å². The van der Waals surface area contributed by atoms with Crippen LogP contribution in [0.1, 0.15) is 12.5 Å². The first kappa shape index (κ1) is 12.3. The molecule has 0 saturated carbocycles. The van der Waals surface area contributed by atoms with Crippen LogP contribution in [0.5, 0.6) is 0 Å². The number of nitrogens with zero attached hydrogens (tertiary/aromatic N) is 2. The lowest BCUT2D eigenvalue weighted by Crippen LogP contribution is -2.23. The lowest BCUT2D eigenvalue weighted by molar-refractivity contribution is -0.118. The van der Waals surface area contributed by atoms with Gasteiger partial charge in [0.05, 0.1) is 11.5 Å². The van der Waals surface area contributed by atoms with Crippen molar-refractivity contribution in [2.45, 2.75) is 12.2 Å². The predicted molar refractivity (Wildman–Crippen MR) is 74.4 cm³/mol. The van der Waals surface area contributed by atoms with E-state index >= 15 is 0 Å². The van der Waals surface area contributed by atoms with Gasteiger partial charge in [-0.1, -0.05) is 39.8 Å². The normalized spacial score (nSPS) is 22.4. The molecule has 1 heterocycles. The molecule has 6 heteroatoms. The molecule has 0 aromatic heterocycles. The van der Waals surface area contributed by atoms with E-state index in [1.165, 1.54) is 11.8 Å². The van der Waals surface area contributed by atoms with E-state index in [2.05, 4.69) is 31.4 Å². The number of thioether (sulfide) groups is 1. The van der Waals surface area contributed by atoms with Crippen molar-refractivity contribution in [1.29, 1.82) is 0 Å². The molecule has 1 unspecified atom stereocenters. The van der Waals surface area contributed by atoms with Crippen LogP contribution in [0, 0.1) is 0 Å². The lowest BCUT2D eigenvalue weighted by atomic mass is 10.2. The molecular formula is C11H10BrN3OS. The highest BCUT2D eigenvalue weighted by Crippen LogP contribution is 2.18. The molecule has 0 aliphatic carbocycles. The van der Waals surface area contributed by atoms with Crippen molar-refractivity contribution in [3.8, 4) is 0 Å². The standard InChI is InChI=1S/C11H10BrN3OS/c1-7-10(16)14-11(17-7)15-13-6-8-3-2-4-9(12)5-8/h2-7H,1H3,(H,14,15,16). The van der Waals surface area contributed by atoms with Crippen LogP contribution < -0.4 is 5.32 Å². The number of carbonyl (C=O) groups is 1. The molecule has 17 heavy (non-hydrogen) atoms. The van der Waals surface area contributed by atoms with E-state index in [9.17, 15) is 4.79 Å². The monoisotopic (exact) mass is 311 g/mol. The van der Waals surface area contributed by atoms with Crippen LogP contribution in [-0.2, 0) is 4.79 Å². The summed E-state index contributed by atoms with van der Waals surface area (Å²) >= 11 is 4.76. The summed E-state index contributed by atoms with van der Waals surface area (Å²) in [6.45, 7) is 1.83. The summed E-state index contributed by atoms with van der Waals surface area (Å²) in [5.41, 5.74) is 0.950. The third-order valence-electron chi connectivity index (χ3n) is 2.09. The third-order valence-corrected chi connectivity index (χ3v) is 3.56. The first-order valence-corrected chi connectivity index (χ1v) is 6.66. The van der Waals surface area contributed by atoms with E-state index in [4.69, 9.17) is 0 Å². The molecule has 1 atom stereocenters. The number of hydrogen-bond acceptors (Lipinski definition) is 4. The molecule has 1 fully saturated rings. The number of hydrogen-bond donors (Lipinski definition) is 1. The van der Waals surface area contributed by atoms with Crippen LogP contribution >= 0.6 is 27.7 Å². The first-order valence-electron chi connectivity index (χ1n) is 4.99. The molecule has 2 rings (SSSR count). The van der Waals surface area contributed by atoms with E-state index in [-0.39, 0.29) is 11.2 Å². The van der Waals surface area contributed by atoms with E-state index in [1.807, 2.05) is 31.2 Å². The number of halogens is 1. The van der Waals surface area contributed by atoms with Gasteiger partial charge in [-0.2, -0.15) is 5.10 Å². The van der Waals surface area contributed by atoms with E-state index in [1.54, 1.807) is 6.21 Å². The highest BCUT2D eigenvalue weighted by Gasteiger charge is 2.25. The van der Waals surface area contributed by atoms with Crippen LogP contribution in [0.3, 0.4) is 0 Å². The van der Waals surface area contributed by atoms with Crippen molar-refractivity contribution in [3.63, 3.8) is 0 Å². The summed E-state index contributed by atoms with van der Waals surface area (Å²) < 4.78 is 0.992. The Balaban J connectivity index is 2.03. The summed E-state index contributed by atoms with van der Waals surface area (Å²) in [4.78, 5) is 11.2. The molecule has 1 aliphatic rings. The maximum atomic E-state index is 11.2. The Kier molecular flexibility index (Phi) is 3.96. The Morgan fingerprint density at radius 2 is 2.35 bits per heavy atom. The van der Waals surface area contributed by atoms with Crippen molar-refractivity contribution in [1.82, 2.24) is 5.32 Å². The minimum Gasteiger partial charge on any atom is -0.303 e. The van der Waals surface area contributed by atoms with Gasteiger partial charge in [0, 0.05) is 4.47 Å². The fourth-order valence-corrected chi connectivity index (χ4v) is 2.41. The summed E-state index contributed by atoms with van der Waals surface area (Å²) in [7, 11) is 0. The molecule has 88 valence electrons. The van der Waals surface area contributed by atoms with E-state index in [0.717, 1.165) is 10.0 Å². The molecule has 0 spiro atoms. The van der Waals surface area contributed by atoms with Crippen LogP contribution in [0.25, 0.3) is 0 Å². The number of benzene rings is 1. The second-order valence-corrected chi connectivity index (χ2v) is 5.70. The van der Waals surface area contributed by atoms with Crippen molar-refractivity contribution >= 4 is 45.0 Å². The van der Waals surface area contributed by atoms with Gasteiger partial charge in [0.2, 0.25) is 5.91 Å². The topological polar surface area (TPSA) is 53.8 Å². The Morgan fingerprint density at radius 1 is 1.53 bits per heavy atom. The number of nitrogens with one attached hydrogen (secondary N) is 1. The largest absolute Gasteiger partial charge is 0.303 e. The maximum Gasteiger partial charge on any atom is 0.239 e. The average Bonchev–Trinajstić information content (AvgIpc) is 2.58. The lowest BCUT2D eigenvalue weighted by Gasteiger charge is -1.92. The van der Waals surface area contributed by atoms with Crippen LogP contribution in [0.2, 0.25) is 0 Å². The van der Waals surface area contributed by atoms with Gasteiger partial charge in [0.1, 0.15) is 0 Å². The minimum absolute atomic E-state index is 0.0218. The Bertz CT molecular complexity index is 501. The summed E-state index contributed by atoms with van der Waals surface area (Å²) in [6.07, 6.45) is 1.65. The van der Waals surface area contributed by atoms with Gasteiger partial charge in [-0.15, -0.1) is 5.10 Å². The Hall–Kier alpha value is -1.14. The van der Waals surface area contributed by atoms with E-state index in [0.29, 0.717) is 5.17 Å². The number of carbonyl (C=O) groups excluding carboxylic acids is 1. The SMILES string of the molecule is CC1SC(=NN=Cc2cccc(Br)c2)NC1=O. The predicted octanol–water partition coefficient (Wildman–Crippen LogP) is 2.39. The quantitative estimate of drug-likeness (QED) is 0.673. The van der Waals surface area contributed by atoms with Crippen LogP contribution in [0.4, 0.5) is 0 Å². The molecule has 1 N–H and O–H groups in total. The average molecular weight is 312 g/mol. The molecule has 1 saturated heterocycles. The first-order chi connectivity index (χ1) is 8.15. The number of amides is 1. The fourth-order valence-electron chi connectivity index (χ4n) is 1.24. The van der Waals surface area contributed by atoms with E-state index < -0.39 is 0 Å². The summed E-state index contributed by atoms with van der Waals surface area (Å²) in [5, 5.41) is 11.0. The Morgan fingerprint density at radius 3 is 3.00 bits per heavy atom. The van der Waals surface area contributed by atoms with Crippen molar-refractivity contribution < 1.29 is 4.79 Å². The summed E-state index contributed by atoms with van der Waals surface area (Å²) in [6, 6.07) is 7.73. The molecule has 1 amide bonds. The molecule has 0 radical (unpaired) electrons. The van der Waals surface area contributed by atoms with Crippen LogP contribution in [0.15, 0.2) is 38.9 Å². The Labute approximate surface area is 112 Å². The highest BCUT2D eigenvalue weighted by atomic mass is 79.9. The molecule has 1 aromatic carbocycles. The zero-order valence-corrected chi connectivity index (χ0v) is 11.5. The second kappa shape index (κ2) is 5.46. The molecule has 1 aliphatic heterocycles. The van der Waals surface area contributed by atoms with Gasteiger partial charge in [0.15, 0.2) is 5.17 Å². The number of rotatable bonds is 2. The zero-order chi connectivity index (χ0) is 12.3. The molecular weight excluding hydrogens is 302 g/mol. The minimum atomic E-state index is -0.0881. The maximum absolute atomic E-state index is 11.2. The van der Waals surface area contributed by atoms with Gasteiger partial charge in [-0.3, -0.25) is 4.79 Å². The smallest absolute Gasteiger partial charge is 0.239 e. The van der Waals surface area contributed by atoms with Crippen molar-refractivity contribution in [2.24, 2.45) is 10.2 Å². The van der Waals surface area contributed by atoms with Gasteiger partial charge in [0.25, 0.3) is 0 Å². The molecule has 1 aromatic rings. The summed E-state index contributed by atoms with van der Waals surface area (Å²) in [5.74, 6) is -0.0218. The van der Waals surface area contributed by atoms with Gasteiger partial charge in [-0.05, 0) is 24.6 Å². The highest BCUT2D eigenvalue weighted by molar-refractivity contribution is 9.10. The number of amidine groups is 1. The van der Waals surface area contributed by atoms with Crippen LogP contribution in [-0.4, -0.2) is 22.5 Å².